The van der Waals surface area contributed by atoms with Crippen LogP contribution in [0.3, 0.4) is 0 Å². The number of hydrogen-bond acceptors (Lipinski definition) is 3. The molecule has 0 bridgehead atoms. The number of halogens is 2. The standard InChI is InChI=1S/C15H13F2NO2/c1-2-20-15(19)13-12(18)7-6-11(14(13)17)9-4-3-5-10(16)8-9/h3-8H,2,18H2,1H3. The fourth-order valence-electron chi connectivity index (χ4n) is 1.88. The van der Waals surface area contributed by atoms with Gasteiger partial charge in [-0.2, -0.15) is 0 Å². The molecule has 0 atom stereocenters. The molecule has 5 heteroatoms. The number of benzene rings is 2. The lowest BCUT2D eigenvalue weighted by Crippen LogP contribution is -2.11. The number of hydrogen-bond donors (Lipinski definition) is 1. The highest BCUT2D eigenvalue weighted by atomic mass is 19.1. The van der Waals surface area contributed by atoms with Crippen LogP contribution in [0.25, 0.3) is 11.1 Å². The molecule has 2 aromatic carbocycles. The minimum atomic E-state index is -0.833. The average Bonchev–Trinajstić information content (AvgIpc) is 2.39. The Labute approximate surface area is 115 Å². The van der Waals surface area contributed by atoms with Crippen molar-refractivity contribution in [3.63, 3.8) is 0 Å². The van der Waals surface area contributed by atoms with E-state index >= 15 is 0 Å². The Morgan fingerprint density at radius 1 is 1.25 bits per heavy atom. The second-order valence-corrected chi connectivity index (χ2v) is 4.12. The number of ether oxygens (including phenoxy) is 1. The number of rotatable bonds is 3. The molecule has 0 aromatic heterocycles. The van der Waals surface area contributed by atoms with Crippen molar-refractivity contribution >= 4 is 11.7 Å². The zero-order valence-corrected chi connectivity index (χ0v) is 10.8. The highest BCUT2D eigenvalue weighted by Crippen LogP contribution is 2.29. The summed E-state index contributed by atoms with van der Waals surface area (Å²) >= 11 is 0. The zero-order valence-electron chi connectivity index (χ0n) is 10.8. The van der Waals surface area contributed by atoms with Crippen molar-refractivity contribution in [1.29, 1.82) is 0 Å². The van der Waals surface area contributed by atoms with Crippen molar-refractivity contribution in [3.05, 3.63) is 53.6 Å². The van der Waals surface area contributed by atoms with Gasteiger partial charge in [-0.05, 0) is 36.8 Å². The molecule has 2 aromatic rings. The normalized spacial score (nSPS) is 10.3. The first-order valence-electron chi connectivity index (χ1n) is 6.05. The highest BCUT2D eigenvalue weighted by molar-refractivity contribution is 5.97. The van der Waals surface area contributed by atoms with E-state index < -0.39 is 17.6 Å². The average molecular weight is 277 g/mol. The van der Waals surface area contributed by atoms with Gasteiger partial charge in [0.1, 0.15) is 17.2 Å². The van der Waals surface area contributed by atoms with Crippen molar-refractivity contribution in [3.8, 4) is 11.1 Å². The lowest BCUT2D eigenvalue weighted by atomic mass is 10.0. The maximum absolute atomic E-state index is 14.4. The quantitative estimate of drug-likeness (QED) is 0.691. The van der Waals surface area contributed by atoms with Crippen LogP contribution in [0.2, 0.25) is 0 Å². The van der Waals surface area contributed by atoms with E-state index in [9.17, 15) is 13.6 Å². The summed E-state index contributed by atoms with van der Waals surface area (Å²) in [5.74, 6) is -2.13. The molecule has 0 spiro atoms. The summed E-state index contributed by atoms with van der Waals surface area (Å²) in [6.07, 6.45) is 0. The fourth-order valence-corrected chi connectivity index (χ4v) is 1.88. The first kappa shape index (κ1) is 14.0. The number of nitrogen functional groups attached to an aromatic ring is 1. The summed E-state index contributed by atoms with van der Waals surface area (Å²) in [6.45, 7) is 1.73. The van der Waals surface area contributed by atoms with Gasteiger partial charge in [0.25, 0.3) is 0 Å². The molecule has 104 valence electrons. The topological polar surface area (TPSA) is 52.3 Å². The van der Waals surface area contributed by atoms with E-state index in [-0.39, 0.29) is 23.4 Å². The van der Waals surface area contributed by atoms with Gasteiger partial charge in [0, 0.05) is 11.3 Å². The van der Waals surface area contributed by atoms with Gasteiger partial charge in [-0.25, -0.2) is 13.6 Å². The molecule has 3 nitrogen and oxygen atoms in total. The van der Waals surface area contributed by atoms with Crippen molar-refractivity contribution in [2.45, 2.75) is 6.92 Å². The number of esters is 1. The van der Waals surface area contributed by atoms with Crippen LogP contribution in [-0.4, -0.2) is 12.6 Å². The third kappa shape index (κ3) is 2.61. The number of carbonyl (C=O) groups is 1. The Hall–Kier alpha value is -2.43. The van der Waals surface area contributed by atoms with E-state index in [1.165, 1.54) is 30.3 Å². The van der Waals surface area contributed by atoms with E-state index in [2.05, 4.69) is 0 Å². The van der Waals surface area contributed by atoms with Crippen LogP contribution < -0.4 is 5.73 Å². The van der Waals surface area contributed by atoms with E-state index in [0.717, 1.165) is 0 Å². The summed E-state index contributed by atoms with van der Waals surface area (Å²) < 4.78 is 32.4. The first-order valence-corrected chi connectivity index (χ1v) is 6.05. The molecule has 0 heterocycles. The van der Waals surface area contributed by atoms with Crippen LogP contribution in [-0.2, 0) is 4.74 Å². The summed E-state index contributed by atoms with van der Waals surface area (Å²) in [6, 6.07) is 8.25. The van der Waals surface area contributed by atoms with Crippen LogP contribution in [0.5, 0.6) is 0 Å². The van der Waals surface area contributed by atoms with Crippen molar-refractivity contribution in [2.75, 3.05) is 12.3 Å². The third-order valence-electron chi connectivity index (χ3n) is 2.79. The van der Waals surface area contributed by atoms with Crippen molar-refractivity contribution in [1.82, 2.24) is 0 Å². The molecule has 2 N–H and O–H groups in total. The fraction of sp³-hybridized carbons (Fsp3) is 0.133. The van der Waals surface area contributed by atoms with Gasteiger partial charge in [0.2, 0.25) is 0 Å². The highest BCUT2D eigenvalue weighted by Gasteiger charge is 2.20. The van der Waals surface area contributed by atoms with Crippen LogP contribution in [0.15, 0.2) is 36.4 Å². The van der Waals surface area contributed by atoms with Gasteiger partial charge in [-0.3, -0.25) is 0 Å². The second-order valence-electron chi connectivity index (χ2n) is 4.12. The SMILES string of the molecule is CCOC(=O)c1c(N)ccc(-c2cccc(F)c2)c1F. The van der Waals surface area contributed by atoms with E-state index in [0.29, 0.717) is 5.56 Å². The van der Waals surface area contributed by atoms with E-state index in [1.54, 1.807) is 13.0 Å². The third-order valence-corrected chi connectivity index (χ3v) is 2.79. The number of carbonyl (C=O) groups excluding carboxylic acids is 1. The Morgan fingerprint density at radius 3 is 2.65 bits per heavy atom. The van der Waals surface area contributed by atoms with E-state index in [1.807, 2.05) is 0 Å². The molecule has 0 fully saturated rings. The lowest BCUT2D eigenvalue weighted by Gasteiger charge is -2.10. The molecule has 2 rings (SSSR count). The predicted molar refractivity (Wildman–Crippen MR) is 72.2 cm³/mol. The number of anilines is 1. The molecule has 0 amide bonds. The number of nitrogens with two attached hydrogens (primary N) is 1. The monoisotopic (exact) mass is 277 g/mol. The molecule has 0 aliphatic rings. The van der Waals surface area contributed by atoms with Crippen LogP contribution in [0.1, 0.15) is 17.3 Å². The van der Waals surface area contributed by atoms with Crippen LogP contribution >= 0.6 is 0 Å². The second kappa shape index (κ2) is 5.69. The van der Waals surface area contributed by atoms with Gasteiger partial charge in [-0.1, -0.05) is 12.1 Å². The van der Waals surface area contributed by atoms with Gasteiger partial charge in [0.05, 0.1) is 6.61 Å². The van der Waals surface area contributed by atoms with E-state index in [4.69, 9.17) is 10.5 Å². The summed E-state index contributed by atoms with van der Waals surface area (Å²) in [5.41, 5.74) is 5.70. The minimum absolute atomic E-state index is 0.0129. The molecule has 0 aliphatic heterocycles. The van der Waals surface area contributed by atoms with Crippen molar-refractivity contribution in [2.24, 2.45) is 0 Å². The molecule has 0 unspecified atom stereocenters. The maximum atomic E-state index is 14.4. The molecule has 0 radical (unpaired) electrons. The van der Waals surface area contributed by atoms with Crippen LogP contribution in [0.4, 0.5) is 14.5 Å². The summed E-state index contributed by atoms with van der Waals surface area (Å²) in [4.78, 5) is 11.7. The summed E-state index contributed by atoms with van der Waals surface area (Å²) in [7, 11) is 0. The molecule has 0 saturated heterocycles. The summed E-state index contributed by atoms with van der Waals surface area (Å²) in [5, 5.41) is 0. The van der Waals surface area contributed by atoms with Gasteiger partial charge in [-0.15, -0.1) is 0 Å². The smallest absolute Gasteiger partial charge is 0.343 e. The Bertz CT molecular complexity index is 656. The lowest BCUT2D eigenvalue weighted by molar-refractivity contribution is 0.0522. The molecule has 20 heavy (non-hydrogen) atoms. The van der Waals surface area contributed by atoms with Gasteiger partial charge in [0.15, 0.2) is 0 Å². The largest absolute Gasteiger partial charge is 0.462 e. The van der Waals surface area contributed by atoms with Crippen LogP contribution in [0, 0.1) is 11.6 Å². The van der Waals surface area contributed by atoms with Gasteiger partial charge >= 0.3 is 5.97 Å². The molecule has 0 saturated carbocycles. The molecular weight excluding hydrogens is 264 g/mol. The first-order chi connectivity index (χ1) is 9.54. The maximum Gasteiger partial charge on any atom is 0.343 e. The Balaban J connectivity index is 2.57. The minimum Gasteiger partial charge on any atom is -0.462 e. The molecular formula is C15H13F2NO2. The van der Waals surface area contributed by atoms with Gasteiger partial charge < -0.3 is 10.5 Å². The van der Waals surface area contributed by atoms with Crippen molar-refractivity contribution < 1.29 is 18.3 Å². The Kier molecular flexibility index (Phi) is 3.98. The molecule has 0 aliphatic carbocycles. The Morgan fingerprint density at radius 2 is 2.00 bits per heavy atom. The zero-order chi connectivity index (χ0) is 14.7. The predicted octanol–water partition coefficient (Wildman–Crippen LogP) is 3.39.